The number of nitrogens with one attached hydrogen (secondary N) is 1. The molecule has 3 aromatic rings. The van der Waals surface area contributed by atoms with Crippen molar-refractivity contribution < 1.29 is 4.74 Å². The Bertz CT molecular complexity index is 887. The summed E-state index contributed by atoms with van der Waals surface area (Å²) in [6.45, 7) is 3.07. The van der Waals surface area contributed by atoms with E-state index in [4.69, 9.17) is 39.5 Å². The Hall–Kier alpha value is -1.87. The minimum absolute atomic E-state index is 0.306. The maximum absolute atomic E-state index is 6.39. The highest BCUT2D eigenvalue weighted by atomic mass is 35.5. The van der Waals surface area contributed by atoms with E-state index >= 15 is 0 Å². The van der Waals surface area contributed by atoms with E-state index < -0.39 is 0 Å². The predicted octanol–water partition coefficient (Wildman–Crippen LogP) is 7.40. The van der Waals surface area contributed by atoms with Gasteiger partial charge in [-0.3, -0.25) is 0 Å². The van der Waals surface area contributed by atoms with Crippen LogP contribution in [0.15, 0.2) is 60.7 Å². The second-order valence-corrected chi connectivity index (χ2v) is 7.39. The number of hydrogen-bond donors (Lipinski definition) is 1. The Morgan fingerprint density at radius 3 is 2.11 bits per heavy atom. The van der Waals surface area contributed by atoms with E-state index in [0.29, 0.717) is 34.0 Å². The molecule has 3 rings (SSSR count). The molecule has 0 heterocycles. The second-order valence-electron chi connectivity index (χ2n) is 6.17. The van der Waals surface area contributed by atoms with Crippen LogP contribution < -0.4 is 10.1 Å². The lowest BCUT2D eigenvalue weighted by Crippen LogP contribution is -2.01. The zero-order chi connectivity index (χ0) is 19.2. The van der Waals surface area contributed by atoms with Gasteiger partial charge in [-0.25, -0.2) is 0 Å². The van der Waals surface area contributed by atoms with Crippen molar-refractivity contribution in [1.29, 1.82) is 0 Å². The summed E-state index contributed by atoms with van der Waals surface area (Å²) in [5.74, 6) is 0.467. The Kier molecular flexibility index (Phi) is 6.89. The molecular weight excluding hydrogens is 401 g/mol. The summed E-state index contributed by atoms with van der Waals surface area (Å²) in [4.78, 5) is 0. The molecule has 2 nitrogen and oxygen atoms in total. The summed E-state index contributed by atoms with van der Waals surface area (Å²) in [7, 11) is 0. The first-order valence-corrected chi connectivity index (χ1v) is 9.87. The molecular formula is C22H20Cl3NO. The van der Waals surface area contributed by atoms with E-state index in [-0.39, 0.29) is 0 Å². The molecule has 0 atom stereocenters. The van der Waals surface area contributed by atoms with Crippen LogP contribution in [0.4, 0.5) is 5.69 Å². The summed E-state index contributed by atoms with van der Waals surface area (Å²) in [5.41, 5.74) is 4.23. The number of benzene rings is 3. The number of anilines is 1. The van der Waals surface area contributed by atoms with Crippen LogP contribution in [-0.2, 0) is 19.6 Å². The average Bonchev–Trinajstić information content (AvgIpc) is 2.67. The molecule has 0 aliphatic carbocycles. The van der Waals surface area contributed by atoms with Crippen LogP contribution in [0.1, 0.15) is 23.6 Å². The van der Waals surface area contributed by atoms with E-state index in [1.54, 1.807) is 0 Å². The van der Waals surface area contributed by atoms with Gasteiger partial charge in [0.25, 0.3) is 0 Å². The van der Waals surface area contributed by atoms with E-state index in [9.17, 15) is 0 Å². The SMILES string of the molecule is CCc1ccc(NCc2cc(Cl)c(OCc3ccccc3Cl)c(Cl)c2)cc1. The minimum atomic E-state index is 0.306. The smallest absolute Gasteiger partial charge is 0.156 e. The Morgan fingerprint density at radius 1 is 0.815 bits per heavy atom. The van der Waals surface area contributed by atoms with Crippen LogP contribution in [0.5, 0.6) is 5.75 Å². The Morgan fingerprint density at radius 2 is 1.48 bits per heavy atom. The molecule has 0 saturated carbocycles. The van der Waals surface area contributed by atoms with Crippen LogP contribution in [0, 0.1) is 0 Å². The van der Waals surface area contributed by atoms with Gasteiger partial charge in [0.2, 0.25) is 0 Å². The molecule has 0 amide bonds. The standard InChI is InChI=1S/C22H20Cl3NO/c1-2-15-7-9-18(10-8-15)26-13-16-11-20(24)22(21(25)12-16)27-14-17-5-3-4-6-19(17)23/h3-12,26H,2,13-14H2,1H3. The lowest BCUT2D eigenvalue weighted by atomic mass is 10.1. The molecule has 5 heteroatoms. The van der Waals surface area contributed by atoms with Gasteiger partial charge >= 0.3 is 0 Å². The number of halogens is 3. The first-order valence-electron chi connectivity index (χ1n) is 8.73. The van der Waals surface area contributed by atoms with E-state index in [2.05, 4.69) is 36.5 Å². The molecule has 0 fully saturated rings. The molecule has 0 unspecified atom stereocenters. The maximum atomic E-state index is 6.39. The number of rotatable bonds is 7. The fourth-order valence-corrected chi connectivity index (χ4v) is 3.51. The summed E-state index contributed by atoms with van der Waals surface area (Å²) in [6.07, 6.45) is 1.03. The minimum Gasteiger partial charge on any atom is -0.486 e. The van der Waals surface area contributed by atoms with Crippen LogP contribution in [0.3, 0.4) is 0 Å². The highest BCUT2D eigenvalue weighted by molar-refractivity contribution is 6.37. The Balaban J connectivity index is 1.66. The quantitative estimate of drug-likeness (QED) is 0.430. The monoisotopic (exact) mass is 419 g/mol. The molecule has 0 aliphatic rings. The van der Waals surface area contributed by atoms with Crippen molar-refractivity contribution in [3.05, 3.63) is 92.4 Å². The third-order valence-corrected chi connectivity index (χ3v) is 5.18. The van der Waals surface area contributed by atoms with Gasteiger partial charge in [-0.2, -0.15) is 0 Å². The third-order valence-electron chi connectivity index (χ3n) is 4.25. The summed E-state index contributed by atoms with van der Waals surface area (Å²) in [5, 5.41) is 4.99. The lowest BCUT2D eigenvalue weighted by Gasteiger charge is -2.13. The van der Waals surface area contributed by atoms with Crippen molar-refractivity contribution in [2.45, 2.75) is 26.5 Å². The van der Waals surface area contributed by atoms with Crippen molar-refractivity contribution in [2.24, 2.45) is 0 Å². The van der Waals surface area contributed by atoms with Crippen molar-refractivity contribution in [3.8, 4) is 5.75 Å². The van der Waals surface area contributed by atoms with Crippen LogP contribution in [0.25, 0.3) is 0 Å². The first-order chi connectivity index (χ1) is 13.1. The molecule has 0 aromatic heterocycles. The van der Waals surface area contributed by atoms with Crippen LogP contribution >= 0.6 is 34.8 Å². The Labute approximate surface area is 175 Å². The molecule has 0 bridgehead atoms. The molecule has 0 saturated heterocycles. The molecule has 0 aliphatic heterocycles. The molecule has 0 spiro atoms. The van der Waals surface area contributed by atoms with Gasteiger partial charge < -0.3 is 10.1 Å². The highest BCUT2D eigenvalue weighted by Crippen LogP contribution is 2.35. The topological polar surface area (TPSA) is 21.3 Å². The molecule has 0 radical (unpaired) electrons. The van der Waals surface area contributed by atoms with Gasteiger partial charge in [-0.05, 0) is 47.9 Å². The number of hydrogen-bond acceptors (Lipinski definition) is 2. The predicted molar refractivity (Wildman–Crippen MR) is 115 cm³/mol. The van der Waals surface area contributed by atoms with Crippen molar-refractivity contribution in [1.82, 2.24) is 0 Å². The first kappa shape index (κ1) is 19.9. The summed E-state index contributed by atoms with van der Waals surface area (Å²) in [6, 6.07) is 19.6. The third kappa shape index (κ3) is 5.32. The average molecular weight is 421 g/mol. The molecule has 27 heavy (non-hydrogen) atoms. The zero-order valence-electron chi connectivity index (χ0n) is 14.9. The van der Waals surface area contributed by atoms with Gasteiger partial charge in [0, 0.05) is 22.8 Å². The largest absolute Gasteiger partial charge is 0.486 e. The number of aryl methyl sites for hydroxylation is 1. The van der Waals surface area contributed by atoms with E-state index in [0.717, 1.165) is 23.2 Å². The highest BCUT2D eigenvalue weighted by Gasteiger charge is 2.11. The molecule has 3 aromatic carbocycles. The van der Waals surface area contributed by atoms with Gasteiger partial charge in [-0.1, -0.05) is 72.1 Å². The van der Waals surface area contributed by atoms with Crippen molar-refractivity contribution in [2.75, 3.05) is 5.32 Å². The fourth-order valence-electron chi connectivity index (χ4n) is 2.68. The number of ether oxygens (including phenoxy) is 1. The van der Waals surface area contributed by atoms with E-state index in [1.807, 2.05) is 36.4 Å². The van der Waals surface area contributed by atoms with Crippen LogP contribution in [-0.4, -0.2) is 0 Å². The zero-order valence-corrected chi connectivity index (χ0v) is 17.2. The van der Waals surface area contributed by atoms with Crippen LogP contribution in [0.2, 0.25) is 15.1 Å². The molecule has 140 valence electrons. The van der Waals surface area contributed by atoms with Gasteiger partial charge in [-0.15, -0.1) is 0 Å². The van der Waals surface area contributed by atoms with Gasteiger partial charge in [0.05, 0.1) is 10.0 Å². The lowest BCUT2D eigenvalue weighted by molar-refractivity contribution is 0.306. The fraction of sp³-hybridized carbons (Fsp3) is 0.182. The summed E-state index contributed by atoms with van der Waals surface area (Å²) < 4.78 is 5.81. The van der Waals surface area contributed by atoms with Crippen molar-refractivity contribution in [3.63, 3.8) is 0 Å². The maximum Gasteiger partial charge on any atom is 0.156 e. The summed E-state index contributed by atoms with van der Waals surface area (Å²) >= 11 is 18.9. The van der Waals surface area contributed by atoms with Gasteiger partial charge in [0.1, 0.15) is 6.61 Å². The van der Waals surface area contributed by atoms with E-state index in [1.165, 1.54) is 5.56 Å². The normalized spacial score (nSPS) is 10.7. The second kappa shape index (κ2) is 9.36. The van der Waals surface area contributed by atoms with Crippen molar-refractivity contribution >= 4 is 40.5 Å². The van der Waals surface area contributed by atoms with Gasteiger partial charge in [0.15, 0.2) is 5.75 Å². The molecule has 1 N–H and O–H groups in total.